The van der Waals surface area contributed by atoms with Gasteiger partial charge in [0.05, 0.1) is 6.42 Å². The van der Waals surface area contributed by atoms with E-state index in [0.717, 1.165) is 5.56 Å². The Morgan fingerprint density at radius 1 is 1.17 bits per heavy atom. The fourth-order valence-electron chi connectivity index (χ4n) is 1.84. The summed E-state index contributed by atoms with van der Waals surface area (Å²) in [5.74, 6) is -1.88. The third-order valence-electron chi connectivity index (χ3n) is 3.19. The first-order valence-corrected chi connectivity index (χ1v) is 5.83. The number of carboxylic acid groups (broad SMARTS) is 2. The number of carboxylic acids is 2. The predicted octanol–water partition coefficient (Wildman–Crippen LogP) is 2.63. The minimum absolute atomic E-state index is 0.356. The van der Waals surface area contributed by atoms with Crippen molar-refractivity contribution in [3.8, 4) is 0 Å². The maximum absolute atomic E-state index is 11.3. The van der Waals surface area contributed by atoms with Gasteiger partial charge in [0.1, 0.15) is 5.41 Å². The van der Waals surface area contributed by atoms with Gasteiger partial charge in [-0.15, -0.1) is 0 Å². The lowest BCUT2D eigenvalue weighted by atomic mass is 9.79. The van der Waals surface area contributed by atoms with E-state index in [1.807, 2.05) is 26.0 Å². The molecule has 0 aliphatic rings. The number of hydrogen-bond acceptors (Lipinski definition) is 2. The molecule has 1 atom stereocenters. The quantitative estimate of drug-likeness (QED) is 0.842. The van der Waals surface area contributed by atoms with E-state index in [2.05, 4.69) is 0 Å². The Balaban J connectivity index is 3.14. The molecule has 0 aliphatic carbocycles. The zero-order valence-corrected chi connectivity index (χ0v) is 10.8. The Labute approximate surface area is 106 Å². The van der Waals surface area contributed by atoms with E-state index < -0.39 is 23.8 Å². The number of benzene rings is 1. The monoisotopic (exact) mass is 250 g/mol. The van der Waals surface area contributed by atoms with Gasteiger partial charge in [0.2, 0.25) is 0 Å². The number of rotatable bonds is 5. The zero-order chi connectivity index (χ0) is 13.9. The van der Waals surface area contributed by atoms with E-state index in [1.54, 1.807) is 12.1 Å². The van der Waals surface area contributed by atoms with Crippen LogP contribution in [0.1, 0.15) is 44.2 Å². The van der Waals surface area contributed by atoms with Gasteiger partial charge in [-0.25, -0.2) is 0 Å². The summed E-state index contributed by atoms with van der Waals surface area (Å²) in [4.78, 5) is 22.1. The summed E-state index contributed by atoms with van der Waals surface area (Å²) >= 11 is 0. The van der Waals surface area contributed by atoms with Gasteiger partial charge in [-0.3, -0.25) is 9.59 Å². The summed E-state index contributed by atoms with van der Waals surface area (Å²) in [6.07, 6.45) is -0.427. The highest BCUT2D eigenvalue weighted by atomic mass is 16.4. The molecular weight excluding hydrogens is 232 g/mol. The summed E-state index contributed by atoms with van der Waals surface area (Å²) < 4.78 is 0. The third kappa shape index (κ3) is 2.88. The molecule has 1 aromatic carbocycles. The topological polar surface area (TPSA) is 74.6 Å². The third-order valence-corrected chi connectivity index (χ3v) is 3.19. The molecule has 4 nitrogen and oxygen atoms in total. The maximum atomic E-state index is 11.3. The lowest BCUT2D eigenvalue weighted by Crippen LogP contribution is -2.34. The minimum atomic E-state index is -1.39. The molecule has 0 amide bonds. The Morgan fingerprint density at radius 2 is 1.67 bits per heavy atom. The summed E-state index contributed by atoms with van der Waals surface area (Å²) in [5, 5.41) is 18.1. The largest absolute Gasteiger partial charge is 0.481 e. The molecule has 2 N–H and O–H groups in total. The van der Waals surface area contributed by atoms with Crippen molar-refractivity contribution in [2.45, 2.75) is 38.5 Å². The normalized spacial score (nSPS) is 14.2. The molecule has 0 aliphatic heterocycles. The first kappa shape index (κ1) is 14.2. The zero-order valence-electron chi connectivity index (χ0n) is 10.8. The van der Waals surface area contributed by atoms with Crippen LogP contribution in [-0.2, 0) is 15.0 Å². The number of hydrogen-bond donors (Lipinski definition) is 2. The van der Waals surface area contributed by atoms with Gasteiger partial charge >= 0.3 is 11.9 Å². The Kier molecular flexibility index (Phi) is 4.11. The van der Waals surface area contributed by atoms with Crippen LogP contribution in [0, 0.1) is 0 Å². The van der Waals surface area contributed by atoms with Gasteiger partial charge in [-0.1, -0.05) is 38.1 Å². The van der Waals surface area contributed by atoms with E-state index in [-0.39, 0.29) is 0 Å². The van der Waals surface area contributed by atoms with Crippen molar-refractivity contribution in [2.24, 2.45) is 0 Å². The number of aliphatic carboxylic acids is 2. The molecule has 0 aromatic heterocycles. The standard InChI is InChI=1S/C14H18O4/c1-9(2)10-4-6-11(7-5-10)14(3,13(17)18)8-12(15)16/h4-7,9H,8H2,1-3H3,(H,15,16)(H,17,18). The highest BCUT2D eigenvalue weighted by Crippen LogP contribution is 2.29. The van der Waals surface area contributed by atoms with E-state index in [1.165, 1.54) is 6.92 Å². The Morgan fingerprint density at radius 3 is 2.00 bits per heavy atom. The van der Waals surface area contributed by atoms with Crippen LogP contribution in [-0.4, -0.2) is 22.2 Å². The van der Waals surface area contributed by atoms with Crippen LogP contribution in [0.15, 0.2) is 24.3 Å². The maximum Gasteiger partial charge on any atom is 0.314 e. The summed E-state index contributed by atoms with van der Waals surface area (Å²) in [7, 11) is 0. The Hall–Kier alpha value is -1.84. The van der Waals surface area contributed by atoms with Gasteiger partial charge in [-0.2, -0.15) is 0 Å². The fraction of sp³-hybridized carbons (Fsp3) is 0.429. The molecule has 0 saturated heterocycles. The van der Waals surface area contributed by atoms with Crippen molar-refractivity contribution in [1.82, 2.24) is 0 Å². The summed E-state index contributed by atoms with van der Waals surface area (Å²) in [6.45, 7) is 5.53. The van der Waals surface area contributed by atoms with Crippen LogP contribution in [0.5, 0.6) is 0 Å². The van der Waals surface area contributed by atoms with E-state index in [9.17, 15) is 14.7 Å². The second-order valence-electron chi connectivity index (χ2n) is 4.98. The van der Waals surface area contributed by atoms with Gasteiger partial charge in [0.25, 0.3) is 0 Å². The molecule has 0 bridgehead atoms. The fourth-order valence-corrected chi connectivity index (χ4v) is 1.84. The van der Waals surface area contributed by atoms with Gasteiger partial charge < -0.3 is 10.2 Å². The highest BCUT2D eigenvalue weighted by molar-refractivity contribution is 5.86. The van der Waals surface area contributed by atoms with Gasteiger partial charge in [0, 0.05) is 0 Å². The van der Waals surface area contributed by atoms with Crippen LogP contribution in [0.2, 0.25) is 0 Å². The first-order chi connectivity index (χ1) is 8.27. The molecule has 0 heterocycles. The van der Waals surface area contributed by atoms with Crippen molar-refractivity contribution in [3.63, 3.8) is 0 Å². The van der Waals surface area contributed by atoms with Crippen LogP contribution in [0.3, 0.4) is 0 Å². The molecule has 4 heteroatoms. The van der Waals surface area contributed by atoms with Gasteiger partial charge in [-0.05, 0) is 24.0 Å². The van der Waals surface area contributed by atoms with E-state index in [0.29, 0.717) is 11.5 Å². The average molecular weight is 250 g/mol. The average Bonchev–Trinajstić information content (AvgIpc) is 2.27. The van der Waals surface area contributed by atoms with Gasteiger partial charge in [0.15, 0.2) is 0 Å². The molecular formula is C14H18O4. The molecule has 0 spiro atoms. The minimum Gasteiger partial charge on any atom is -0.481 e. The Bertz CT molecular complexity index is 447. The van der Waals surface area contributed by atoms with Crippen molar-refractivity contribution in [2.75, 3.05) is 0 Å². The van der Waals surface area contributed by atoms with Crippen LogP contribution < -0.4 is 0 Å². The molecule has 1 rings (SSSR count). The second-order valence-corrected chi connectivity index (χ2v) is 4.98. The van der Waals surface area contributed by atoms with Crippen LogP contribution in [0.4, 0.5) is 0 Å². The SMILES string of the molecule is CC(C)c1ccc(C(C)(CC(=O)O)C(=O)O)cc1. The van der Waals surface area contributed by atoms with Crippen molar-refractivity contribution in [1.29, 1.82) is 0 Å². The summed E-state index contributed by atoms with van der Waals surface area (Å²) in [5.41, 5.74) is 0.227. The first-order valence-electron chi connectivity index (χ1n) is 5.83. The van der Waals surface area contributed by atoms with E-state index in [4.69, 9.17) is 5.11 Å². The molecule has 0 fully saturated rings. The van der Waals surface area contributed by atoms with Crippen molar-refractivity contribution < 1.29 is 19.8 Å². The molecule has 0 saturated carbocycles. The highest BCUT2D eigenvalue weighted by Gasteiger charge is 2.37. The van der Waals surface area contributed by atoms with Crippen LogP contribution in [0.25, 0.3) is 0 Å². The molecule has 98 valence electrons. The van der Waals surface area contributed by atoms with E-state index >= 15 is 0 Å². The second kappa shape index (κ2) is 5.21. The molecule has 18 heavy (non-hydrogen) atoms. The summed E-state index contributed by atoms with van der Waals surface area (Å²) in [6, 6.07) is 7.10. The van der Waals surface area contributed by atoms with Crippen LogP contribution >= 0.6 is 0 Å². The lowest BCUT2D eigenvalue weighted by Gasteiger charge is -2.23. The van der Waals surface area contributed by atoms with Crippen molar-refractivity contribution in [3.05, 3.63) is 35.4 Å². The molecule has 0 radical (unpaired) electrons. The van der Waals surface area contributed by atoms with Crippen molar-refractivity contribution >= 4 is 11.9 Å². The molecule has 1 aromatic rings. The lowest BCUT2D eigenvalue weighted by molar-refractivity contribution is -0.149. The number of carbonyl (C=O) groups is 2. The predicted molar refractivity (Wildman–Crippen MR) is 67.8 cm³/mol. The smallest absolute Gasteiger partial charge is 0.314 e. The molecule has 1 unspecified atom stereocenters.